The van der Waals surface area contributed by atoms with Crippen LogP contribution in [0.1, 0.15) is 42.1 Å². The minimum absolute atomic E-state index is 0.110. The van der Waals surface area contributed by atoms with Gasteiger partial charge >= 0.3 is 0 Å². The van der Waals surface area contributed by atoms with Crippen LogP contribution in [0.3, 0.4) is 0 Å². The maximum absolute atomic E-state index is 13.4. The fraction of sp³-hybridized carbons (Fsp3) is 0.350. The first kappa shape index (κ1) is 18.9. The second-order valence-electron chi connectivity index (χ2n) is 5.97. The fourth-order valence-electron chi connectivity index (χ4n) is 2.57. The molecule has 2 aromatic carbocycles. The zero-order chi connectivity index (χ0) is 18.2. The van der Waals surface area contributed by atoms with Gasteiger partial charge in [-0.05, 0) is 42.2 Å². The van der Waals surface area contributed by atoms with E-state index in [1.807, 2.05) is 0 Å². The number of aliphatic imine (C=N–C) groups is 1. The molecule has 0 aliphatic heterocycles. The van der Waals surface area contributed by atoms with Gasteiger partial charge in [0.05, 0.1) is 12.6 Å². The average Bonchev–Trinajstić information content (AvgIpc) is 2.66. The molecule has 0 saturated heterocycles. The van der Waals surface area contributed by atoms with E-state index < -0.39 is 5.82 Å². The predicted octanol–water partition coefficient (Wildman–Crippen LogP) is 3.31. The number of hydrogen-bond donors (Lipinski definition) is 3. The van der Waals surface area contributed by atoms with Crippen molar-refractivity contribution in [3.05, 3.63) is 70.5 Å². The Bertz CT molecular complexity index is 713. The number of aliphatic hydroxyl groups excluding tert-OH is 1. The van der Waals surface area contributed by atoms with Crippen LogP contribution >= 0.6 is 0 Å². The molecule has 4 nitrogen and oxygen atoms in total. The lowest BCUT2D eigenvalue weighted by Crippen LogP contribution is -2.38. The van der Waals surface area contributed by atoms with Crippen LogP contribution in [0.5, 0.6) is 0 Å². The van der Waals surface area contributed by atoms with Crippen molar-refractivity contribution in [1.29, 1.82) is 0 Å². The molecule has 0 saturated carbocycles. The summed E-state index contributed by atoms with van der Waals surface area (Å²) in [5, 5.41) is 15.7. The van der Waals surface area contributed by atoms with E-state index in [9.17, 15) is 4.39 Å². The normalized spacial score (nSPS) is 12.8. The lowest BCUT2D eigenvalue weighted by molar-refractivity contribution is 0.275. The van der Waals surface area contributed by atoms with E-state index in [1.54, 1.807) is 19.2 Å². The summed E-state index contributed by atoms with van der Waals surface area (Å²) in [6.45, 7) is 4.40. The summed E-state index contributed by atoms with van der Waals surface area (Å²) in [5.41, 5.74) is 3.68. The SMILES string of the molecule is CCc1ccc(C(C)NC(=NC)NCc2ccc(F)c(CO)c2)cc1. The molecule has 0 aromatic heterocycles. The molecule has 134 valence electrons. The average molecular weight is 343 g/mol. The number of nitrogens with zero attached hydrogens (tertiary/aromatic N) is 1. The summed E-state index contributed by atoms with van der Waals surface area (Å²) in [6, 6.07) is 13.4. The second-order valence-corrected chi connectivity index (χ2v) is 5.97. The number of rotatable bonds is 6. The van der Waals surface area contributed by atoms with E-state index in [0.29, 0.717) is 18.1 Å². The number of halogens is 1. The van der Waals surface area contributed by atoms with Crippen molar-refractivity contribution >= 4 is 5.96 Å². The van der Waals surface area contributed by atoms with Crippen LogP contribution in [0.4, 0.5) is 4.39 Å². The van der Waals surface area contributed by atoms with Gasteiger partial charge in [0.15, 0.2) is 5.96 Å². The summed E-state index contributed by atoms with van der Waals surface area (Å²) >= 11 is 0. The summed E-state index contributed by atoms with van der Waals surface area (Å²) < 4.78 is 13.4. The van der Waals surface area contributed by atoms with E-state index in [4.69, 9.17) is 5.11 Å². The van der Waals surface area contributed by atoms with E-state index in [2.05, 4.69) is 53.7 Å². The van der Waals surface area contributed by atoms with E-state index >= 15 is 0 Å². The van der Waals surface area contributed by atoms with Gasteiger partial charge in [0, 0.05) is 19.2 Å². The van der Waals surface area contributed by atoms with Crippen LogP contribution in [0.25, 0.3) is 0 Å². The Balaban J connectivity index is 1.95. The van der Waals surface area contributed by atoms with Gasteiger partial charge < -0.3 is 15.7 Å². The van der Waals surface area contributed by atoms with Crippen molar-refractivity contribution in [2.75, 3.05) is 7.05 Å². The molecule has 0 aliphatic carbocycles. The fourth-order valence-corrected chi connectivity index (χ4v) is 2.57. The maximum Gasteiger partial charge on any atom is 0.191 e. The van der Waals surface area contributed by atoms with E-state index in [0.717, 1.165) is 12.0 Å². The Morgan fingerprint density at radius 1 is 1.16 bits per heavy atom. The molecular formula is C20H26FN3O. The Morgan fingerprint density at radius 3 is 2.44 bits per heavy atom. The minimum atomic E-state index is -0.391. The molecule has 0 amide bonds. The molecule has 0 bridgehead atoms. The van der Waals surface area contributed by atoms with Crippen molar-refractivity contribution in [2.45, 2.75) is 39.5 Å². The second kappa shape index (κ2) is 9.18. The number of aliphatic hydroxyl groups is 1. The van der Waals surface area contributed by atoms with Crippen LogP contribution in [-0.2, 0) is 19.6 Å². The number of aryl methyl sites for hydroxylation is 1. The Labute approximate surface area is 148 Å². The van der Waals surface area contributed by atoms with Crippen molar-refractivity contribution < 1.29 is 9.50 Å². The van der Waals surface area contributed by atoms with Gasteiger partial charge in [-0.2, -0.15) is 0 Å². The Morgan fingerprint density at radius 2 is 1.84 bits per heavy atom. The molecule has 0 spiro atoms. The number of hydrogen-bond acceptors (Lipinski definition) is 2. The van der Waals surface area contributed by atoms with Gasteiger partial charge in [0.25, 0.3) is 0 Å². The molecule has 2 aromatic rings. The first-order valence-electron chi connectivity index (χ1n) is 8.51. The van der Waals surface area contributed by atoms with E-state index in [1.165, 1.54) is 17.2 Å². The predicted molar refractivity (Wildman–Crippen MR) is 99.9 cm³/mol. The van der Waals surface area contributed by atoms with Crippen LogP contribution in [0.15, 0.2) is 47.5 Å². The van der Waals surface area contributed by atoms with Crippen molar-refractivity contribution in [2.24, 2.45) is 4.99 Å². The molecule has 1 unspecified atom stereocenters. The van der Waals surface area contributed by atoms with Crippen LogP contribution in [0.2, 0.25) is 0 Å². The largest absolute Gasteiger partial charge is 0.392 e. The van der Waals surface area contributed by atoms with Crippen LogP contribution in [0, 0.1) is 5.82 Å². The monoisotopic (exact) mass is 343 g/mol. The standard InChI is InChI=1S/C20H26FN3O/c1-4-15-5-8-17(9-6-15)14(2)24-20(22-3)23-12-16-7-10-19(21)18(11-16)13-25/h5-11,14,25H,4,12-13H2,1-3H3,(H2,22,23,24). The number of benzene rings is 2. The highest BCUT2D eigenvalue weighted by molar-refractivity contribution is 5.80. The molecule has 0 radical (unpaired) electrons. The molecule has 0 heterocycles. The van der Waals surface area contributed by atoms with Crippen molar-refractivity contribution in [3.8, 4) is 0 Å². The summed E-state index contributed by atoms with van der Waals surface area (Å²) in [6.07, 6.45) is 1.03. The third kappa shape index (κ3) is 5.29. The lowest BCUT2D eigenvalue weighted by Gasteiger charge is -2.19. The highest BCUT2D eigenvalue weighted by Crippen LogP contribution is 2.14. The third-order valence-corrected chi connectivity index (χ3v) is 4.21. The summed E-state index contributed by atoms with van der Waals surface area (Å²) in [4.78, 5) is 4.23. The number of guanidine groups is 1. The van der Waals surface area contributed by atoms with Gasteiger partial charge in [-0.3, -0.25) is 4.99 Å². The number of nitrogens with one attached hydrogen (secondary N) is 2. The van der Waals surface area contributed by atoms with Crippen LogP contribution in [-0.4, -0.2) is 18.1 Å². The smallest absolute Gasteiger partial charge is 0.191 e. The summed E-state index contributed by atoms with van der Waals surface area (Å²) in [7, 11) is 1.71. The highest BCUT2D eigenvalue weighted by Gasteiger charge is 2.08. The zero-order valence-electron chi connectivity index (χ0n) is 15.0. The molecule has 2 rings (SSSR count). The topological polar surface area (TPSA) is 56.7 Å². The third-order valence-electron chi connectivity index (χ3n) is 4.21. The highest BCUT2D eigenvalue weighted by atomic mass is 19.1. The van der Waals surface area contributed by atoms with Gasteiger partial charge in [-0.15, -0.1) is 0 Å². The molecule has 0 fully saturated rings. The minimum Gasteiger partial charge on any atom is -0.392 e. The molecule has 3 N–H and O–H groups in total. The molecular weight excluding hydrogens is 317 g/mol. The van der Waals surface area contributed by atoms with E-state index in [-0.39, 0.29) is 12.6 Å². The maximum atomic E-state index is 13.4. The Hall–Kier alpha value is -2.40. The summed E-state index contributed by atoms with van der Waals surface area (Å²) in [5.74, 6) is 0.278. The molecule has 5 heteroatoms. The van der Waals surface area contributed by atoms with Gasteiger partial charge in [-0.25, -0.2) is 4.39 Å². The first-order valence-corrected chi connectivity index (χ1v) is 8.51. The molecule has 1 atom stereocenters. The first-order chi connectivity index (χ1) is 12.1. The molecule has 25 heavy (non-hydrogen) atoms. The van der Waals surface area contributed by atoms with Gasteiger partial charge in [0.1, 0.15) is 5.82 Å². The van der Waals surface area contributed by atoms with Crippen LogP contribution < -0.4 is 10.6 Å². The Kier molecular flexibility index (Phi) is 6.95. The van der Waals surface area contributed by atoms with Crippen molar-refractivity contribution in [3.63, 3.8) is 0 Å². The van der Waals surface area contributed by atoms with Gasteiger partial charge in [0.2, 0.25) is 0 Å². The zero-order valence-corrected chi connectivity index (χ0v) is 15.0. The quantitative estimate of drug-likeness (QED) is 0.557. The van der Waals surface area contributed by atoms with Gasteiger partial charge in [-0.1, -0.05) is 37.3 Å². The van der Waals surface area contributed by atoms with Crippen molar-refractivity contribution in [1.82, 2.24) is 10.6 Å². The molecule has 0 aliphatic rings. The lowest BCUT2D eigenvalue weighted by atomic mass is 10.1.